The third-order valence-electron chi connectivity index (χ3n) is 2.96. The molecule has 5 nitrogen and oxygen atoms in total. The van der Waals surface area contributed by atoms with Crippen LogP contribution in [0.3, 0.4) is 0 Å². The lowest BCUT2D eigenvalue weighted by Crippen LogP contribution is -2.13. The van der Waals surface area contributed by atoms with Crippen molar-refractivity contribution < 1.29 is 4.74 Å². The second-order valence-electron chi connectivity index (χ2n) is 4.25. The van der Waals surface area contributed by atoms with E-state index < -0.39 is 0 Å². The number of aromatic nitrogens is 2. The van der Waals surface area contributed by atoms with Gasteiger partial charge in [-0.3, -0.25) is 0 Å². The van der Waals surface area contributed by atoms with Gasteiger partial charge in [0.15, 0.2) is 0 Å². The highest BCUT2D eigenvalue weighted by Crippen LogP contribution is 2.14. The smallest absolute Gasteiger partial charge is 0.218 e. The summed E-state index contributed by atoms with van der Waals surface area (Å²) in [6.45, 7) is 5.84. The molecule has 1 aliphatic rings. The van der Waals surface area contributed by atoms with Crippen LogP contribution in [0, 0.1) is 5.92 Å². The summed E-state index contributed by atoms with van der Waals surface area (Å²) in [6, 6.07) is 1.84. The molecule has 1 atom stereocenters. The highest BCUT2D eigenvalue weighted by molar-refractivity contribution is 5.36. The molecule has 0 amide bonds. The van der Waals surface area contributed by atoms with Crippen LogP contribution in [0.5, 0.6) is 5.88 Å². The van der Waals surface area contributed by atoms with Crippen molar-refractivity contribution in [1.29, 1.82) is 0 Å². The van der Waals surface area contributed by atoms with Crippen LogP contribution in [0.15, 0.2) is 12.4 Å². The average Bonchev–Trinajstić information content (AvgIpc) is 2.83. The molecule has 1 fully saturated rings. The summed E-state index contributed by atoms with van der Waals surface area (Å²) in [5.74, 6) is 2.28. The SMILES string of the molecule is CCOc1cc(NCCC2CCNC2)ncn1. The van der Waals surface area contributed by atoms with Gasteiger partial charge in [-0.1, -0.05) is 0 Å². The van der Waals surface area contributed by atoms with E-state index in [1.807, 2.05) is 13.0 Å². The maximum Gasteiger partial charge on any atom is 0.218 e. The van der Waals surface area contributed by atoms with E-state index in [4.69, 9.17) is 4.74 Å². The van der Waals surface area contributed by atoms with E-state index in [2.05, 4.69) is 20.6 Å². The highest BCUT2D eigenvalue weighted by Gasteiger charge is 2.13. The fourth-order valence-corrected chi connectivity index (χ4v) is 2.03. The fourth-order valence-electron chi connectivity index (χ4n) is 2.03. The van der Waals surface area contributed by atoms with Gasteiger partial charge >= 0.3 is 0 Å². The van der Waals surface area contributed by atoms with Crippen molar-refractivity contribution in [2.45, 2.75) is 19.8 Å². The Balaban J connectivity index is 1.75. The monoisotopic (exact) mass is 236 g/mol. The van der Waals surface area contributed by atoms with Crippen LogP contribution in [-0.4, -0.2) is 36.2 Å². The summed E-state index contributed by atoms with van der Waals surface area (Å²) in [4.78, 5) is 8.20. The molecule has 0 spiro atoms. The molecule has 5 heteroatoms. The molecule has 1 saturated heterocycles. The van der Waals surface area contributed by atoms with E-state index in [0.717, 1.165) is 31.4 Å². The minimum Gasteiger partial charge on any atom is -0.478 e. The van der Waals surface area contributed by atoms with Crippen LogP contribution in [0.25, 0.3) is 0 Å². The van der Waals surface area contributed by atoms with E-state index >= 15 is 0 Å². The summed E-state index contributed by atoms with van der Waals surface area (Å²) < 4.78 is 5.33. The van der Waals surface area contributed by atoms with Crippen LogP contribution in [-0.2, 0) is 0 Å². The van der Waals surface area contributed by atoms with Gasteiger partial charge in [0.05, 0.1) is 6.61 Å². The molecular formula is C12H20N4O. The minimum atomic E-state index is 0.629. The Morgan fingerprint density at radius 3 is 3.24 bits per heavy atom. The van der Waals surface area contributed by atoms with Crippen molar-refractivity contribution in [2.24, 2.45) is 5.92 Å². The molecule has 2 N–H and O–H groups in total. The van der Waals surface area contributed by atoms with Crippen LogP contribution in [0.2, 0.25) is 0 Å². The summed E-state index contributed by atoms with van der Waals surface area (Å²) >= 11 is 0. The van der Waals surface area contributed by atoms with Gasteiger partial charge in [0.25, 0.3) is 0 Å². The summed E-state index contributed by atoms with van der Waals surface area (Å²) in [5, 5.41) is 6.68. The Bertz CT molecular complexity index is 339. The molecule has 0 bridgehead atoms. The number of hydrogen-bond acceptors (Lipinski definition) is 5. The zero-order chi connectivity index (χ0) is 11.9. The minimum absolute atomic E-state index is 0.629. The van der Waals surface area contributed by atoms with Crippen molar-refractivity contribution in [3.63, 3.8) is 0 Å². The van der Waals surface area contributed by atoms with E-state index in [1.54, 1.807) is 0 Å². The third kappa shape index (κ3) is 3.85. The van der Waals surface area contributed by atoms with Crippen molar-refractivity contribution in [2.75, 3.05) is 31.6 Å². The van der Waals surface area contributed by atoms with Crippen molar-refractivity contribution >= 4 is 5.82 Å². The van der Waals surface area contributed by atoms with Gasteiger partial charge in [-0.15, -0.1) is 0 Å². The second kappa shape index (κ2) is 6.39. The van der Waals surface area contributed by atoms with Gasteiger partial charge in [0.1, 0.15) is 12.1 Å². The first-order valence-electron chi connectivity index (χ1n) is 6.28. The Morgan fingerprint density at radius 2 is 2.47 bits per heavy atom. The number of hydrogen-bond donors (Lipinski definition) is 2. The zero-order valence-corrected chi connectivity index (χ0v) is 10.3. The molecule has 0 aromatic carbocycles. The molecule has 0 aliphatic carbocycles. The molecule has 2 rings (SSSR count). The van der Waals surface area contributed by atoms with Gasteiger partial charge in [0.2, 0.25) is 5.88 Å². The number of rotatable bonds is 6. The molecule has 0 radical (unpaired) electrons. The second-order valence-corrected chi connectivity index (χ2v) is 4.25. The molecule has 0 saturated carbocycles. The van der Waals surface area contributed by atoms with Crippen molar-refractivity contribution in [3.8, 4) is 5.88 Å². The summed E-state index contributed by atoms with van der Waals surface area (Å²) in [5.41, 5.74) is 0. The Labute approximate surface area is 102 Å². The molecule has 1 aliphatic heterocycles. The van der Waals surface area contributed by atoms with Crippen LogP contribution < -0.4 is 15.4 Å². The zero-order valence-electron chi connectivity index (χ0n) is 10.3. The maximum absolute atomic E-state index is 5.33. The quantitative estimate of drug-likeness (QED) is 0.779. The largest absolute Gasteiger partial charge is 0.478 e. The average molecular weight is 236 g/mol. The van der Waals surface area contributed by atoms with Crippen LogP contribution >= 0.6 is 0 Å². The Kier molecular flexibility index (Phi) is 4.55. The fraction of sp³-hybridized carbons (Fsp3) is 0.667. The van der Waals surface area contributed by atoms with Crippen molar-refractivity contribution in [1.82, 2.24) is 15.3 Å². The lowest BCUT2D eigenvalue weighted by atomic mass is 10.1. The molecule has 1 aromatic rings. The molecule has 1 aromatic heterocycles. The Hall–Kier alpha value is -1.36. The van der Waals surface area contributed by atoms with Gasteiger partial charge in [-0.25, -0.2) is 9.97 Å². The third-order valence-corrected chi connectivity index (χ3v) is 2.96. The maximum atomic E-state index is 5.33. The van der Waals surface area contributed by atoms with Gasteiger partial charge in [-0.2, -0.15) is 0 Å². The number of nitrogens with one attached hydrogen (secondary N) is 2. The predicted octanol–water partition coefficient (Wildman–Crippen LogP) is 1.29. The summed E-state index contributed by atoms with van der Waals surface area (Å²) in [7, 11) is 0. The molecule has 1 unspecified atom stereocenters. The molecule has 17 heavy (non-hydrogen) atoms. The van der Waals surface area contributed by atoms with Crippen LogP contribution in [0.4, 0.5) is 5.82 Å². The van der Waals surface area contributed by atoms with Crippen LogP contribution in [0.1, 0.15) is 19.8 Å². The first-order chi connectivity index (χ1) is 8.38. The number of ether oxygens (including phenoxy) is 1. The topological polar surface area (TPSA) is 59.1 Å². The summed E-state index contributed by atoms with van der Waals surface area (Å²) in [6.07, 6.45) is 4.00. The van der Waals surface area contributed by atoms with Gasteiger partial charge < -0.3 is 15.4 Å². The van der Waals surface area contributed by atoms with Gasteiger partial charge in [-0.05, 0) is 38.8 Å². The number of anilines is 1. The standard InChI is InChI=1S/C12H20N4O/c1-2-17-12-7-11(15-9-16-12)14-6-4-10-3-5-13-8-10/h7,9-10,13H,2-6,8H2,1H3,(H,14,15,16). The molecular weight excluding hydrogens is 216 g/mol. The van der Waals surface area contributed by atoms with E-state index in [9.17, 15) is 0 Å². The first-order valence-corrected chi connectivity index (χ1v) is 6.28. The lowest BCUT2D eigenvalue weighted by molar-refractivity contribution is 0.326. The predicted molar refractivity (Wildman–Crippen MR) is 67.3 cm³/mol. The van der Waals surface area contributed by atoms with Crippen molar-refractivity contribution in [3.05, 3.63) is 12.4 Å². The molecule has 2 heterocycles. The normalized spacial score (nSPS) is 19.2. The Morgan fingerprint density at radius 1 is 1.53 bits per heavy atom. The highest BCUT2D eigenvalue weighted by atomic mass is 16.5. The van der Waals surface area contributed by atoms with Gasteiger partial charge in [0, 0.05) is 12.6 Å². The molecule has 94 valence electrons. The van der Waals surface area contributed by atoms with E-state index in [1.165, 1.54) is 19.2 Å². The number of nitrogens with zero attached hydrogens (tertiary/aromatic N) is 2. The first kappa shape index (κ1) is 12.1. The van der Waals surface area contributed by atoms with E-state index in [-0.39, 0.29) is 0 Å². The van der Waals surface area contributed by atoms with E-state index in [0.29, 0.717) is 12.5 Å². The lowest BCUT2D eigenvalue weighted by Gasteiger charge is -2.10.